The molecule has 3 rings (SSSR count). The zero-order chi connectivity index (χ0) is 26.4. The molecular weight excluding hydrogens is 543 g/mol. The van der Waals surface area contributed by atoms with Crippen LogP contribution in [0.1, 0.15) is 42.0 Å². The van der Waals surface area contributed by atoms with Crippen LogP contribution < -0.4 is 14.2 Å². The van der Waals surface area contributed by atoms with Crippen molar-refractivity contribution >= 4 is 46.8 Å². The van der Waals surface area contributed by atoms with Crippen LogP contribution in [0.5, 0.6) is 11.5 Å². The minimum absolute atomic E-state index is 0.0143. The van der Waals surface area contributed by atoms with E-state index in [0.717, 1.165) is 23.7 Å². The normalized spacial score (nSPS) is 11.9. The Morgan fingerprint density at radius 1 is 1.19 bits per heavy atom. The van der Waals surface area contributed by atoms with Crippen LogP contribution >= 0.6 is 34.5 Å². The van der Waals surface area contributed by atoms with Crippen molar-refractivity contribution in [2.45, 2.75) is 19.0 Å². The van der Waals surface area contributed by atoms with Gasteiger partial charge < -0.3 is 24.5 Å². The van der Waals surface area contributed by atoms with E-state index in [0.29, 0.717) is 22.1 Å². The quantitative estimate of drug-likeness (QED) is 0.140. The molecule has 1 N–H and O–H groups in total. The zero-order valence-electron chi connectivity index (χ0n) is 18.6. The second-order valence-electron chi connectivity index (χ2n) is 7.33. The van der Waals surface area contributed by atoms with E-state index in [4.69, 9.17) is 32.7 Å². The minimum Gasteiger partial charge on any atom is -0.619 e. The van der Waals surface area contributed by atoms with E-state index in [1.807, 2.05) is 0 Å². The zero-order valence-corrected chi connectivity index (χ0v) is 20.9. The molecule has 0 saturated heterocycles. The maximum absolute atomic E-state index is 12.9. The summed E-state index contributed by atoms with van der Waals surface area (Å²) in [5.41, 5.74) is 1.05. The highest BCUT2D eigenvalue weighted by Crippen LogP contribution is 2.41. The summed E-state index contributed by atoms with van der Waals surface area (Å²) < 4.78 is 41.4. The Morgan fingerprint density at radius 2 is 1.89 bits per heavy atom. The lowest BCUT2D eigenvalue weighted by atomic mass is 9.85. The number of halogens is 4. The molecule has 8 nitrogen and oxygen atoms in total. The number of ether oxygens (including phenoxy) is 3. The number of carbonyl (C=O) groups is 2. The fourth-order valence-electron chi connectivity index (χ4n) is 3.53. The van der Waals surface area contributed by atoms with Gasteiger partial charge in [-0.25, -0.2) is 4.79 Å². The molecule has 0 saturated carbocycles. The van der Waals surface area contributed by atoms with E-state index in [9.17, 15) is 28.7 Å². The van der Waals surface area contributed by atoms with Gasteiger partial charge in [0.1, 0.15) is 21.5 Å². The molecule has 0 aliphatic rings. The SMILES string of the molecule is COCCOc1cc([C@H](Cc2c(Cl)c[n+]([O-])cc2Cl)c2cc(C=O)sc2C(=O)O)ccc1OC(F)F. The van der Waals surface area contributed by atoms with E-state index < -0.39 is 18.5 Å². The van der Waals surface area contributed by atoms with Crippen molar-refractivity contribution in [2.75, 3.05) is 20.3 Å². The average molecular weight is 562 g/mol. The molecule has 192 valence electrons. The number of aromatic nitrogens is 1. The number of thiophene rings is 1. The Bertz CT molecular complexity index is 1230. The Balaban J connectivity index is 2.18. The van der Waals surface area contributed by atoms with Gasteiger partial charge in [-0.05, 0) is 35.7 Å². The van der Waals surface area contributed by atoms with E-state index >= 15 is 0 Å². The fraction of sp³-hybridized carbons (Fsp3) is 0.261. The molecule has 13 heteroatoms. The van der Waals surface area contributed by atoms with Crippen molar-refractivity contribution in [3.8, 4) is 11.5 Å². The fourth-order valence-corrected chi connectivity index (χ4v) is 5.00. The molecule has 0 unspecified atom stereocenters. The number of pyridine rings is 1. The standard InChI is InChI=1S/C23H19Cl2F2NO7S/c1-33-4-5-34-20-6-12(2-3-19(20)35-23(26)27)14(8-16-17(24)9-28(32)10-18(16)25)15-7-13(11-29)36-21(15)22(30)31/h2-3,6-7,9-11,14,23H,4-5,8H2,1H3,(H,30,31)/t14-/m0/s1. The maximum Gasteiger partial charge on any atom is 0.387 e. The Hall–Kier alpha value is -2.99. The van der Waals surface area contributed by atoms with Crippen molar-refractivity contribution in [3.63, 3.8) is 0 Å². The van der Waals surface area contributed by atoms with Crippen LogP contribution in [0.2, 0.25) is 10.0 Å². The number of hydrogen-bond acceptors (Lipinski definition) is 7. The van der Waals surface area contributed by atoms with Gasteiger partial charge in [0.05, 0.1) is 11.5 Å². The predicted octanol–water partition coefficient (Wildman–Crippen LogP) is 5.20. The number of nitrogens with zero attached hydrogens (tertiary/aromatic N) is 1. The van der Waals surface area contributed by atoms with Gasteiger partial charge in [0.25, 0.3) is 0 Å². The van der Waals surface area contributed by atoms with Gasteiger partial charge in [0, 0.05) is 18.6 Å². The second-order valence-corrected chi connectivity index (χ2v) is 9.23. The van der Waals surface area contributed by atoms with Crippen molar-refractivity contribution in [2.24, 2.45) is 0 Å². The van der Waals surface area contributed by atoms with Gasteiger partial charge >= 0.3 is 12.6 Å². The summed E-state index contributed by atoms with van der Waals surface area (Å²) in [7, 11) is 1.44. The Kier molecular flexibility index (Phi) is 9.43. The molecule has 2 heterocycles. The number of carbonyl (C=O) groups excluding carboxylic acids is 1. The number of hydrogen-bond donors (Lipinski definition) is 1. The lowest BCUT2D eigenvalue weighted by Crippen LogP contribution is -2.25. The number of methoxy groups -OCH3 is 1. The molecule has 3 aromatic rings. The van der Waals surface area contributed by atoms with E-state index in [1.54, 1.807) is 0 Å². The monoisotopic (exact) mass is 561 g/mol. The highest BCUT2D eigenvalue weighted by Gasteiger charge is 2.28. The number of benzene rings is 1. The third-order valence-electron chi connectivity index (χ3n) is 5.06. The molecule has 1 atom stereocenters. The second kappa shape index (κ2) is 12.3. The van der Waals surface area contributed by atoms with Gasteiger partial charge in [-0.3, -0.25) is 4.79 Å². The molecule has 0 aliphatic carbocycles. The van der Waals surface area contributed by atoms with Crippen LogP contribution in [0.25, 0.3) is 0 Å². The summed E-state index contributed by atoms with van der Waals surface area (Å²) in [6.07, 6.45) is 2.74. The largest absolute Gasteiger partial charge is 0.619 e. The van der Waals surface area contributed by atoms with Crippen LogP contribution in [0, 0.1) is 5.21 Å². The Labute approximate surface area is 218 Å². The molecule has 0 bridgehead atoms. The number of aromatic carboxylic acids is 1. The van der Waals surface area contributed by atoms with E-state index in [1.165, 1.54) is 31.4 Å². The molecule has 0 radical (unpaired) electrons. The molecular formula is C23H19Cl2F2NO7S. The first kappa shape index (κ1) is 27.6. The highest BCUT2D eigenvalue weighted by atomic mass is 35.5. The molecule has 0 fully saturated rings. The van der Waals surface area contributed by atoms with Gasteiger partial charge in [-0.15, -0.1) is 11.3 Å². The summed E-state index contributed by atoms with van der Waals surface area (Å²) in [5.74, 6) is -2.29. The van der Waals surface area contributed by atoms with Gasteiger partial charge in [-0.1, -0.05) is 29.3 Å². The third kappa shape index (κ3) is 6.61. The minimum atomic E-state index is -3.11. The molecule has 0 amide bonds. The van der Waals surface area contributed by atoms with Crippen LogP contribution in [0.4, 0.5) is 8.78 Å². The first-order valence-electron chi connectivity index (χ1n) is 10.2. The van der Waals surface area contributed by atoms with Crippen LogP contribution in [-0.4, -0.2) is 44.3 Å². The Morgan fingerprint density at radius 3 is 2.47 bits per heavy atom. The van der Waals surface area contributed by atoms with Crippen molar-refractivity contribution in [1.82, 2.24) is 0 Å². The number of carboxylic acids is 1. The smallest absolute Gasteiger partial charge is 0.387 e. The molecule has 1 aromatic carbocycles. The average Bonchev–Trinajstić information content (AvgIpc) is 3.24. The predicted molar refractivity (Wildman–Crippen MR) is 128 cm³/mol. The lowest BCUT2D eigenvalue weighted by molar-refractivity contribution is -0.605. The topological polar surface area (TPSA) is 109 Å². The van der Waals surface area contributed by atoms with Crippen molar-refractivity contribution < 1.29 is 42.4 Å². The van der Waals surface area contributed by atoms with Gasteiger partial charge in [-0.2, -0.15) is 13.5 Å². The molecule has 2 aromatic heterocycles. The van der Waals surface area contributed by atoms with Crippen LogP contribution in [-0.2, 0) is 11.2 Å². The number of alkyl halides is 2. The van der Waals surface area contributed by atoms with Crippen molar-refractivity contribution in [1.29, 1.82) is 0 Å². The van der Waals surface area contributed by atoms with Crippen molar-refractivity contribution in [3.05, 3.63) is 78.4 Å². The maximum atomic E-state index is 12.9. The van der Waals surface area contributed by atoms with E-state index in [-0.39, 0.29) is 56.5 Å². The number of carboxylic acid groups (broad SMARTS) is 1. The highest BCUT2D eigenvalue weighted by molar-refractivity contribution is 7.15. The molecule has 0 aliphatic heterocycles. The van der Waals surface area contributed by atoms with Gasteiger partial charge in [0.2, 0.25) is 0 Å². The third-order valence-corrected chi connectivity index (χ3v) is 6.78. The van der Waals surface area contributed by atoms with Gasteiger partial charge in [0.15, 0.2) is 30.2 Å². The van der Waals surface area contributed by atoms with Crippen LogP contribution in [0.3, 0.4) is 0 Å². The number of rotatable bonds is 12. The summed E-state index contributed by atoms with van der Waals surface area (Å²) in [6, 6.07) is 5.59. The molecule has 0 spiro atoms. The first-order valence-corrected chi connectivity index (χ1v) is 11.8. The summed E-state index contributed by atoms with van der Waals surface area (Å²) >= 11 is 13.3. The van der Waals surface area contributed by atoms with E-state index in [2.05, 4.69) is 4.74 Å². The number of aldehydes is 1. The molecule has 36 heavy (non-hydrogen) atoms. The summed E-state index contributed by atoms with van der Waals surface area (Å²) in [4.78, 5) is 23.5. The van der Waals surface area contributed by atoms with Crippen LogP contribution in [0.15, 0.2) is 36.7 Å². The first-order chi connectivity index (χ1) is 17.1. The summed E-state index contributed by atoms with van der Waals surface area (Å²) in [6.45, 7) is -2.91. The summed E-state index contributed by atoms with van der Waals surface area (Å²) in [5, 5.41) is 21.6. The lowest BCUT2D eigenvalue weighted by Gasteiger charge is -2.21.